The van der Waals surface area contributed by atoms with E-state index < -0.39 is 12.8 Å². The van der Waals surface area contributed by atoms with Gasteiger partial charge in [0, 0.05) is 37.1 Å². The molecule has 0 saturated carbocycles. The van der Waals surface area contributed by atoms with Gasteiger partial charge in [0.2, 0.25) is 0 Å². The third-order valence-electron chi connectivity index (χ3n) is 3.85. The number of halogens is 3. The minimum Gasteiger partial charge on any atom is -0.371 e. The highest BCUT2D eigenvalue weighted by molar-refractivity contribution is 5.02. The van der Waals surface area contributed by atoms with Crippen LogP contribution in [-0.4, -0.2) is 59.9 Å². The summed E-state index contributed by atoms with van der Waals surface area (Å²) in [7, 11) is 0. The Hall–Kier alpha value is -1.25. The Morgan fingerprint density at radius 3 is 2.74 bits per heavy atom. The van der Waals surface area contributed by atoms with Crippen molar-refractivity contribution in [3.05, 3.63) is 24.3 Å². The fourth-order valence-corrected chi connectivity index (χ4v) is 2.77. The number of nitrogens with one attached hydrogen (secondary N) is 1. The lowest BCUT2D eigenvalue weighted by molar-refractivity contribution is -0.175. The van der Waals surface area contributed by atoms with Crippen molar-refractivity contribution < 1.29 is 17.9 Å². The van der Waals surface area contributed by atoms with Gasteiger partial charge in [-0.05, 0) is 32.4 Å². The van der Waals surface area contributed by atoms with Gasteiger partial charge in [0.1, 0.15) is 12.9 Å². The summed E-state index contributed by atoms with van der Waals surface area (Å²) in [6.07, 6.45) is 3.75. The lowest BCUT2D eigenvalue weighted by atomic mass is 10.1. The number of hydrogen-bond acceptors (Lipinski definition) is 5. The van der Waals surface area contributed by atoms with Crippen molar-refractivity contribution >= 4 is 0 Å². The van der Waals surface area contributed by atoms with E-state index >= 15 is 0 Å². The van der Waals surface area contributed by atoms with Crippen LogP contribution in [0.3, 0.4) is 0 Å². The number of nitrogens with zero attached hydrogens (tertiary/aromatic N) is 3. The van der Waals surface area contributed by atoms with Crippen LogP contribution in [0.4, 0.5) is 13.2 Å². The first-order chi connectivity index (χ1) is 11.0. The quantitative estimate of drug-likeness (QED) is 0.774. The van der Waals surface area contributed by atoms with Gasteiger partial charge >= 0.3 is 6.18 Å². The molecule has 1 atom stereocenters. The van der Waals surface area contributed by atoms with Crippen molar-refractivity contribution in [1.82, 2.24) is 20.2 Å². The van der Waals surface area contributed by atoms with Gasteiger partial charge in [0.05, 0.1) is 6.61 Å². The zero-order valence-electron chi connectivity index (χ0n) is 13.1. The molecule has 23 heavy (non-hydrogen) atoms. The molecule has 1 aliphatic rings. The van der Waals surface area contributed by atoms with Gasteiger partial charge in [-0.15, -0.1) is 0 Å². The number of aromatic nitrogens is 2. The van der Waals surface area contributed by atoms with Crippen LogP contribution in [0.25, 0.3) is 0 Å². The Morgan fingerprint density at radius 2 is 2.00 bits per heavy atom. The molecule has 1 aromatic heterocycles. The lowest BCUT2D eigenvalue weighted by Crippen LogP contribution is -2.38. The molecule has 0 radical (unpaired) electrons. The fourth-order valence-electron chi connectivity index (χ4n) is 2.77. The summed E-state index contributed by atoms with van der Waals surface area (Å²) in [4.78, 5) is 10.2. The van der Waals surface area contributed by atoms with Crippen LogP contribution in [0.1, 0.15) is 24.8 Å². The lowest BCUT2D eigenvalue weighted by Gasteiger charge is -2.30. The van der Waals surface area contributed by atoms with Crippen LogP contribution >= 0.6 is 0 Å². The van der Waals surface area contributed by atoms with Crippen LogP contribution < -0.4 is 5.32 Å². The monoisotopic (exact) mass is 332 g/mol. The molecule has 8 heteroatoms. The molecule has 5 nitrogen and oxygen atoms in total. The van der Waals surface area contributed by atoms with Crippen LogP contribution in [0.15, 0.2) is 18.7 Å². The van der Waals surface area contributed by atoms with Gasteiger partial charge in [0.25, 0.3) is 0 Å². The molecule has 0 spiro atoms. The Kier molecular flexibility index (Phi) is 7.19. The minimum atomic E-state index is -4.27. The van der Waals surface area contributed by atoms with Crippen molar-refractivity contribution in [3.63, 3.8) is 0 Å². The highest BCUT2D eigenvalue weighted by atomic mass is 19.4. The first kappa shape index (κ1) is 18.1. The van der Waals surface area contributed by atoms with E-state index in [9.17, 15) is 13.2 Å². The van der Waals surface area contributed by atoms with Crippen molar-refractivity contribution in [2.24, 2.45) is 0 Å². The SMILES string of the molecule is FC(F)(F)COCCN(Cc1cncnc1)[C@@H]1CCCNCC1. The first-order valence-electron chi connectivity index (χ1n) is 7.88. The van der Waals surface area contributed by atoms with Gasteiger partial charge in [-0.2, -0.15) is 13.2 Å². The molecule has 0 amide bonds. The maximum Gasteiger partial charge on any atom is 0.411 e. The van der Waals surface area contributed by atoms with E-state index in [2.05, 4.69) is 20.2 Å². The number of hydrogen-bond donors (Lipinski definition) is 1. The second kappa shape index (κ2) is 9.14. The third kappa shape index (κ3) is 7.24. The summed E-state index contributed by atoms with van der Waals surface area (Å²) >= 11 is 0. The van der Waals surface area contributed by atoms with Crippen LogP contribution in [0.2, 0.25) is 0 Å². The molecule has 2 heterocycles. The van der Waals surface area contributed by atoms with Crippen molar-refractivity contribution in [2.45, 2.75) is 38.0 Å². The van der Waals surface area contributed by atoms with E-state index in [4.69, 9.17) is 4.74 Å². The maximum absolute atomic E-state index is 12.2. The summed E-state index contributed by atoms with van der Waals surface area (Å²) in [5.41, 5.74) is 0.959. The fraction of sp³-hybridized carbons (Fsp3) is 0.733. The average Bonchev–Trinajstić information content (AvgIpc) is 2.79. The van der Waals surface area contributed by atoms with Crippen LogP contribution in [-0.2, 0) is 11.3 Å². The molecule has 1 aromatic rings. The molecule has 1 fully saturated rings. The Balaban J connectivity index is 1.90. The van der Waals surface area contributed by atoms with Crippen LogP contribution in [0, 0.1) is 0 Å². The van der Waals surface area contributed by atoms with Gasteiger partial charge in [-0.1, -0.05) is 0 Å². The molecule has 130 valence electrons. The van der Waals surface area contributed by atoms with Gasteiger partial charge in [-0.25, -0.2) is 9.97 Å². The zero-order valence-corrected chi connectivity index (χ0v) is 13.1. The van der Waals surface area contributed by atoms with Crippen LogP contribution in [0.5, 0.6) is 0 Å². The van der Waals surface area contributed by atoms with E-state index in [0.29, 0.717) is 19.1 Å². The maximum atomic E-state index is 12.2. The number of alkyl halides is 3. The van der Waals surface area contributed by atoms with Crippen molar-refractivity contribution in [2.75, 3.05) is 32.8 Å². The van der Waals surface area contributed by atoms with Gasteiger partial charge in [0.15, 0.2) is 0 Å². The Bertz CT molecular complexity index is 436. The molecule has 0 aromatic carbocycles. The summed E-state index contributed by atoms with van der Waals surface area (Å²) < 4.78 is 41.3. The molecule has 1 saturated heterocycles. The summed E-state index contributed by atoms with van der Waals surface area (Å²) in [5.74, 6) is 0. The zero-order chi connectivity index (χ0) is 16.5. The van der Waals surface area contributed by atoms with Crippen molar-refractivity contribution in [1.29, 1.82) is 0 Å². The average molecular weight is 332 g/mol. The standard InChI is InChI=1S/C15H23F3N4O/c16-15(17,18)11-23-7-6-22(10-13-8-20-12-21-9-13)14-2-1-4-19-5-3-14/h8-9,12,14,19H,1-7,10-11H2/t14-/m1/s1. The molecular formula is C15H23F3N4O. The molecule has 1 aliphatic heterocycles. The summed E-state index contributed by atoms with van der Waals surface area (Å²) in [5, 5.41) is 3.35. The summed E-state index contributed by atoms with van der Waals surface area (Å²) in [6.45, 7) is 1.88. The van der Waals surface area contributed by atoms with Crippen molar-refractivity contribution in [3.8, 4) is 0 Å². The minimum absolute atomic E-state index is 0.0666. The van der Waals surface area contributed by atoms with E-state index in [1.54, 1.807) is 12.4 Å². The molecule has 2 rings (SSSR count). The van der Waals surface area contributed by atoms with E-state index in [1.807, 2.05) is 0 Å². The second-order valence-corrected chi connectivity index (χ2v) is 5.72. The largest absolute Gasteiger partial charge is 0.411 e. The normalized spacial score (nSPS) is 19.7. The topological polar surface area (TPSA) is 50.3 Å². The van der Waals surface area contributed by atoms with E-state index in [-0.39, 0.29) is 6.61 Å². The second-order valence-electron chi connectivity index (χ2n) is 5.72. The van der Waals surface area contributed by atoms with E-state index in [1.165, 1.54) is 6.33 Å². The highest BCUT2D eigenvalue weighted by Gasteiger charge is 2.27. The Morgan fingerprint density at radius 1 is 1.22 bits per heavy atom. The highest BCUT2D eigenvalue weighted by Crippen LogP contribution is 2.17. The molecule has 0 aliphatic carbocycles. The predicted molar refractivity (Wildman–Crippen MR) is 79.8 cm³/mol. The number of rotatable bonds is 7. The molecule has 0 unspecified atom stereocenters. The predicted octanol–water partition coefficient (Wildman–Crippen LogP) is 2.00. The molecule has 0 bridgehead atoms. The smallest absolute Gasteiger partial charge is 0.371 e. The first-order valence-corrected chi connectivity index (χ1v) is 7.88. The summed E-state index contributed by atoms with van der Waals surface area (Å²) in [6, 6.07) is 0.333. The Labute approximate surface area is 134 Å². The third-order valence-corrected chi connectivity index (χ3v) is 3.85. The molecule has 1 N–H and O–H groups in total. The van der Waals surface area contributed by atoms with Gasteiger partial charge in [-0.3, -0.25) is 4.90 Å². The number of ether oxygens (including phenoxy) is 1. The van der Waals surface area contributed by atoms with Gasteiger partial charge < -0.3 is 10.1 Å². The molecular weight excluding hydrogens is 309 g/mol. The van der Waals surface area contributed by atoms with E-state index in [0.717, 1.165) is 37.9 Å².